The Labute approximate surface area is 212 Å². The van der Waals surface area contributed by atoms with Gasteiger partial charge in [-0.1, -0.05) is 17.7 Å². The lowest BCUT2D eigenvalue weighted by Crippen LogP contribution is -2.48. The van der Waals surface area contributed by atoms with Gasteiger partial charge in [-0.05, 0) is 37.6 Å². The van der Waals surface area contributed by atoms with Crippen LogP contribution in [-0.2, 0) is 14.3 Å². The van der Waals surface area contributed by atoms with Crippen LogP contribution in [-0.4, -0.2) is 74.4 Å². The number of carbonyl (C=O) groups is 1. The van der Waals surface area contributed by atoms with Crippen LogP contribution >= 0.6 is 0 Å². The summed E-state index contributed by atoms with van der Waals surface area (Å²) in [5.74, 6) is 0.911. The van der Waals surface area contributed by atoms with Crippen molar-refractivity contribution in [2.75, 3.05) is 47.1 Å². The second kappa shape index (κ2) is 10.2. The van der Waals surface area contributed by atoms with Gasteiger partial charge < -0.3 is 18.9 Å². The Hall–Kier alpha value is -2.94. The number of carbonyl (C=O) groups excluding carboxylic acids is 1. The van der Waals surface area contributed by atoms with E-state index in [1.165, 1.54) is 5.56 Å². The van der Waals surface area contributed by atoms with E-state index in [-0.39, 0.29) is 11.9 Å². The molecular weight excluding hydrogens is 458 g/mol. The number of amides is 1. The van der Waals surface area contributed by atoms with Crippen LogP contribution in [0, 0.1) is 13.8 Å². The van der Waals surface area contributed by atoms with Crippen molar-refractivity contribution in [2.24, 2.45) is 5.10 Å². The summed E-state index contributed by atoms with van der Waals surface area (Å²) in [6, 6.07) is 11.8. The number of methoxy groups -OCH3 is 2. The van der Waals surface area contributed by atoms with Crippen LogP contribution in [0.25, 0.3) is 0 Å². The maximum atomic E-state index is 13.7. The molecule has 8 nitrogen and oxygen atoms in total. The fourth-order valence-corrected chi connectivity index (χ4v) is 5.39. The molecule has 1 amide bonds. The van der Waals surface area contributed by atoms with E-state index in [4.69, 9.17) is 24.0 Å². The van der Waals surface area contributed by atoms with Crippen LogP contribution in [0.5, 0.6) is 11.5 Å². The van der Waals surface area contributed by atoms with Crippen molar-refractivity contribution in [2.45, 2.75) is 44.9 Å². The van der Waals surface area contributed by atoms with Gasteiger partial charge in [0, 0.05) is 49.5 Å². The molecule has 2 aromatic rings. The maximum Gasteiger partial charge on any atom is 0.257 e. The van der Waals surface area contributed by atoms with Crippen molar-refractivity contribution in [1.29, 1.82) is 0 Å². The van der Waals surface area contributed by atoms with Gasteiger partial charge in [0.2, 0.25) is 0 Å². The number of ether oxygens (including phenoxy) is 4. The molecule has 5 rings (SSSR count). The van der Waals surface area contributed by atoms with Crippen LogP contribution < -0.4 is 9.47 Å². The Kier molecular flexibility index (Phi) is 7.01. The molecule has 3 aliphatic rings. The van der Waals surface area contributed by atoms with Crippen LogP contribution in [0.4, 0.5) is 0 Å². The molecule has 0 aromatic heterocycles. The fourth-order valence-electron chi connectivity index (χ4n) is 5.39. The fraction of sp³-hybridized carbons (Fsp3) is 0.500. The zero-order valence-electron chi connectivity index (χ0n) is 21.6. The lowest BCUT2D eigenvalue weighted by molar-refractivity contribution is -0.186. The van der Waals surface area contributed by atoms with Gasteiger partial charge in [0.25, 0.3) is 5.91 Å². The van der Waals surface area contributed by atoms with Gasteiger partial charge in [-0.25, -0.2) is 5.01 Å². The topological polar surface area (TPSA) is 72.8 Å². The predicted molar refractivity (Wildman–Crippen MR) is 137 cm³/mol. The summed E-state index contributed by atoms with van der Waals surface area (Å²) in [4.78, 5) is 15.9. The summed E-state index contributed by atoms with van der Waals surface area (Å²) in [6.45, 7) is 7.26. The summed E-state index contributed by atoms with van der Waals surface area (Å²) in [6.07, 6.45) is 2.16. The first kappa shape index (κ1) is 24.7. The minimum absolute atomic E-state index is 0.0256. The highest BCUT2D eigenvalue weighted by molar-refractivity contribution is 6.04. The molecular formula is C28H35N3O5. The van der Waals surface area contributed by atoms with Crippen molar-refractivity contribution >= 4 is 11.6 Å². The van der Waals surface area contributed by atoms with Crippen molar-refractivity contribution < 1.29 is 23.7 Å². The number of benzene rings is 2. The Morgan fingerprint density at radius 1 is 1.06 bits per heavy atom. The van der Waals surface area contributed by atoms with Crippen molar-refractivity contribution in [3.63, 3.8) is 0 Å². The third kappa shape index (κ3) is 4.85. The van der Waals surface area contributed by atoms with E-state index in [2.05, 4.69) is 36.9 Å². The lowest BCUT2D eigenvalue weighted by atomic mass is 9.94. The minimum Gasteiger partial charge on any atom is -0.497 e. The number of hydrogen-bond acceptors (Lipinski definition) is 7. The molecule has 2 aromatic carbocycles. The van der Waals surface area contributed by atoms with E-state index in [1.807, 2.05) is 18.2 Å². The average Bonchev–Trinajstić information content (AvgIpc) is 3.54. The smallest absolute Gasteiger partial charge is 0.257 e. The highest BCUT2D eigenvalue weighted by Gasteiger charge is 2.41. The van der Waals surface area contributed by atoms with Gasteiger partial charge in [-0.3, -0.25) is 9.69 Å². The van der Waals surface area contributed by atoms with Crippen LogP contribution in [0.2, 0.25) is 0 Å². The molecule has 0 N–H and O–H groups in total. The van der Waals surface area contributed by atoms with Gasteiger partial charge in [0.1, 0.15) is 11.5 Å². The quantitative estimate of drug-likeness (QED) is 0.609. The van der Waals surface area contributed by atoms with Crippen molar-refractivity contribution in [3.8, 4) is 11.5 Å². The Morgan fingerprint density at radius 3 is 2.50 bits per heavy atom. The predicted octanol–water partition coefficient (Wildman–Crippen LogP) is 3.84. The molecule has 192 valence electrons. The van der Waals surface area contributed by atoms with Crippen LogP contribution in [0.1, 0.15) is 47.6 Å². The molecule has 1 unspecified atom stereocenters. The maximum absolute atomic E-state index is 13.7. The summed E-state index contributed by atoms with van der Waals surface area (Å²) < 4.78 is 22.8. The normalized spacial score (nSPS) is 21.6. The molecule has 2 saturated heterocycles. The average molecular weight is 494 g/mol. The Bertz CT molecular complexity index is 1150. The van der Waals surface area contributed by atoms with Crippen molar-refractivity contribution in [3.05, 3.63) is 58.7 Å². The summed E-state index contributed by atoms with van der Waals surface area (Å²) in [7, 11) is 3.27. The van der Waals surface area contributed by atoms with E-state index in [0.29, 0.717) is 37.7 Å². The van der Waals surface area contributed by atoms with E-state index in [9.17, 15) is 4.79 Å². The molecule has 2 fully saturated rings. The number of likely N-dealkylation sites (tertiary alicyclic amines) is 1. The molecule has 3 aliphatic heterocycles. The molecule has 0 saturated carbocycles. The standard InChI is InChI=1S/C28H35N3O5/c1-19-5-6-20(2)23(15-19)24-17-25(22-8-7-21(33-3)16-26(22)34-4)31(29-24)27(32)18-30-11-9-28(10-12-30)35-13-14-36-28/h5-8,15-16,25H,9-14,17-18H2,1-4H3. The molecule has 36 heavy (non-hydrogen) atoms. The van der Waals surface area contributed by atoms with Gasteiger partial charge in [0.15, 0.2) is 5.79 Å². The first-order valence-electron chi connectivity index (χ1n) is 12.6. The first-order valence-corrected chi connectivity index (χ1v) is 12.6. The largest absolute Gasteiger partial charge is 0.497 e. The second-order valence-corrected chi connectivity index (χ2v) is 9.81. The Balaban J connectivity index is 1.41. The first-order chi connectivity index (χ1) is 17.4. The lowest BCUT2D eigenvalue weighted by Gasteiger charge is -2.37. The molecule has 3 heterocycles. The van der Waals surface area contributed by atoms with Crippen molar-refractivity contribution in [1.82, 2.24) is 9.91 Å². The minimum atomic E-state index is -0.458. The summed E-state index contributed by atoms with van der Waals surface area (Å²) in [5, 5.41) is 6.57. The zero-order valence-corrected chi connectivity index (χ0v) is 21.6. The summed E-state index contributed by atoms with van der Waals surface area (Å²) in [5.41, 5.74) is 5.23. The molecule has 1 spiro atoms. The van der Waals surface area contributed by atoms with Gasteiger partial charge in [-0.15, -0.1) is 0 Å². The number of aryl methyl sites for hydroxylation is 2. The van der Waals surface area contributed by atoms with E-state index < -0.39 is 5.79 Å². The summed E-state index contributed by atoms with van der Waals surface area (Å²) >= 11 is 0. The number of nitrogens with zero attached hydrogens (tertiary/aromatic N) is 3. The third-order valence-electron chi connectivity index (χ3n) is 7.46. The number of hydrazone groups is 1. The van der Waals surface area contributed by atoms with Gasteiger partial charge in [-0.2, -0.15) is 5.10 Å². The van der Waals surface area contributed by atoms with Crippen LogP contribution in [0.15, 0.2) is 41.5 Å². The van der Waals surface area contributed by atoms with E-state index in [1.54, 1.807) is 19.2 Å². The number of piperidine rings is 1. The second-order valence-electron chi connectivity index (χ2n) is 9.81. The van der Waals surface area contributed by atoms with E-state index >= 15 is 0 Å². The molecule has 0 bridgehead atoms. The monoisotopic (exact) mass is 493 g/mol. The highest BCUT2D eigenvalue weighted by Crippen LogP contribution is 2.40. The number of hydrogen-bond donors (Lipinski definition) is 0. The molecule has 1 atom stereocenters. The SMILES string of the molecule is COc1ccc(C2CC(c3cc(C)ccc3C)=NN2C(=O)CN2CCC3(CC2)OCCO3)c(OC)c1. The Morgan fingerprint density at radius 2 is 1.81 bits per heavy atom. The zero-order chi connectivity index (χ0) is 25.3. The van der Waals surface area contributed by atoms with E-state index in [0.717, 1.165) is 48.3 Å². The molecule has 8 heteroatoms. The molecule has 0 radical (unpaired) electrons. The van der Waals surface area contributed by atoms with Gasteiger partial charge in [0.05, 0.1) is 45.7 Å². The highest BCUT2D eigenvalue weighted by atomic mass is 16.7. The van der Waals surface area contributed by atoms with Gasteiger partial charge >= 0.3 is 0 Å². The van der Waals surface area contributed by atoms with Crippen LogP contribution in [0.3, 0.4) is 0 Å². The molecule has 0 aliphatic carbocycles. The third-order valence-corrected chi connectivity index (χ3v) is 7.46. The number of rotatable bonds is 6.